The Morgan fingerprint density at radius 1 is 0.833 bits per heavy atom. The molecule has 0 aromatic heterocycles. The van der Waals surface area contributed by atoms with Gasteiger partial charge in [-0.1, -0.05) is 17.9 Å². The molecule has 0 saturated carbocycles. The standard InChI is InChI=1S/C16H8F2/c1-3-11-5-8-16(18)15(9-11)14-7-6-13(17)10-12(14)4-2/h1-2,5-10H. The fourth-order valence-corrected chi connectivity index (χ4v) is 1.69. The number of hydrogen-bond donors (Lipinski definition) is 0. The predicted molar refractivity (Wildman–Crippen MR) is 67.7 cm³/mol. The van der Waals surface area contributed by atoms with Gasteiger partial charge in [-0.05, 0) is 30.3 Å². The zero-order valence-corrected chi connectivity index (χ0v) is 9.37. The summed E-state index contributed by atoms with van der Waals surface area (Å²) >= 11 is 0. The van der Waals surface area contributed by atoms with E-state index in [9.17, 15) is 8.78 Å². The number of benzene rings is 2. The van der Waals surface area contributed by atoms with Gasteiger partial charge in [0.15, 0.2) is 0 Å². The van der Waals surface area contributed by atoms with Crippen LogP contribution in [-0.2, 0) is 0 Å². The average Bonchev–Trinajstić information content (AvgIpc) is 2.39. The maximum Gasteiger partial charge on any atom is 0.131 e. The van der Waals surface area contributed by atoms with E-state index in [-0.39, 0.29) is 5.56 Å². The van der Waals surface area contributed by atoms with Crippen molar-refractivity contribution >= 4 is 0 Å². The van der Waals surface area contributed by atoms with E-state index in [2.05, 4.69) is 11.8 Å². The van der Waals surface area contributed by atoms with E-state index in [1.54, 1.807) is 0 Å². The van der Waals surface area contributed by atoms with E-state index >= 15 is 0 Å². The van der Waals surface area contributed by atoms with Crippen LogP contribution >= 0.6 is 0 Å². The fraction of sp³-hybridized carbons (Fsp3) is 0. The molecule has 0 fully saturated rings. The normalized spacial score (nSPS) is 9.56. The van der Waals surface area contributed by atoms with Crippen molar-refractivity contribution in [2.75, 3.05) is 0 Å². The average molecular weight is 238 g/mol. The van der Waals surface area contributed by atoms with Gasteiger partial charge in [0.1, 0.15) is 11.6 Å². The van der Waals surface area contributed by atoms with E-state index in [0.29, 0.717) is 16.7 Å². The zero-order chi connectivity index (χ0) is 13.1. The summed E-state index contributed by atoms with van der Waals surface area (Å²) in [6.45, 7) is 0. The first kappa shape index (κ1) is 11.9. The highest BCUT2D eigenvalue weighted by atomic mass is 19.1. The second kappa shape index (κ2) is 4.73. The molecule has 2 aromatic carbocycles. The Labute approximate surface area is 104 Å². The highest BCUT2D eigenvalue weighted by Gasteiger charge is 2.10. The molecule has 0 amide bonds. The van der Waals surface area contributed by atoms with Gasteiger partial charge >= 0.3 is 0 Å². The molecule has 86 valence electrons. The summed E-state index contributed by atoms with van der Waals surface area (Å²) in [5.74, 6) is 3.86. The monoisotopic (exact) mass is 238 g/mol. The first-order valence-electron chi connectivity index (χ1n) is 5.18. The van der Waals surface area contributed by atoms with E-state index in [0.717, 1.165) is 0 Å². The number of terminal acetylenes is 2. The van der Waals surface area contributed by atoms with Crippen LogP contribution < -0.4 is 0 Å². The third-order valence-electron chi connectivity index (χ3n) is 2.56. The van der Waals surface area contributed by atoms with Gasteiger partial charge in [-0.2, -0.15) is 0 Å². The maximum absolute atomic E-state index is 13.8. The van der Waals surface area contributed by atoms with Crippen molar-refractivity contribution in [2.24, 2.45) is 0 Å². The molecule has 0 atom stereocenters. The second-order valence-corrected chi connectivity index (χ2v) is 3.67. The van der Waals surface area contributed by atoms with Crippen molar-refractivity contribution in [2.45, 2.75) is 0 Å². The number of hydrogen-bond acceptors (Lipinski definition) is 0. The number of halogens is 2. The van der Waals surface area contributed by atoms with Gasteiger partial charge in [0, 0.05) is 22.3 Å². The molecular weight excluding hydrogens is 230 g/mol. The van der Waals surface area contributed by atoms with Crippen LogP contribution in [0.4, 0.5) is 8.78 Å². The van der Waals surface area contributed by atoms with Crippen molar-refractivity contribution in [3.05, 3.63) is 59.2 Å². The third kappa shape index (κ3) is 2.10. The number of rotatable bonds is 1. The van der Waals surface area contributed by atoms with Crippen LogP contribution in [0.2, 0.25) is 0 Å². The molecule has 18 heavy (non-hydrogen) atoms. The summed E-state index contributed by atoms with van der Waals surface area (Å²) in [7, 11) is 0. The van der Waals surface area contributed by atoms with E-state index in [4.69, 9.17) is 12.8 Å². The Kier molecular flexibility index (Phi) is 3.13. The first-order valence-corrected chi connectivity index (χ1v) is 5.18. The summed E-state index contributed by atoms with van der Waals surface area (Å²) in [4.78, 5) is 0. The maximum atomic E-state index is 13.8. The fourth-order valence-electron chi connectivity index (χ4n) is 1.69. The first-order chi connectivity index (χ1) is 8.65. The van der Waals surface area contributed by atoms with Crippen LogP contribution in [-0.4, -0.2) is 0 Å². The lowest BCUT2D eigenvalue weighted by Gasteiger charge is -2.07. The molecule has 0 radical (unpaired) electrons. The van der Waals surface area contributed by atoms with Crippen LogP contribution in [0.1, 0.15) is 11.1 Å². The van der Waals surface area contributed by atoms with Gasteiger partial charge in [-0.15, -0.1) is 12.8 Å². The Hall–Kier alpha value is -2.58. The van der Waals surface area contributed by atoms with Gasteiger partial charge in [-0.3, -0.25) is 0 Å². The largest absolute Gasteiger partial charge is 0.207 e. The summed E-state index contributed by atoms with van der Waals surface area (Å²) in [6.07, 6.45) is 10.6. The molecule has 0 heterocycles. The summed E-state index contributed by atoms with van der Waals surface area (Å²) in [5.41, 5.74) is 1.56. The third-order valence-corrected chi connectivity index (χ3v) is 2.56. The van der Waals surface area contributed by atoms with E-state index < -0.39 is 11.6 Å². The van der Waals surface area contributed by atoms with Crippen LogP contribution in [0, 0.1) is 36.3 Å². The summed E-state index contributed by atoms with van der Waals surface area (Å²) < 4.78 is 26.9. The Morgan fingerprint density at radius 2 is 1.61 bits per heavy atom. The molecule has 0 spiro atoms. The minimum absolute atomic E-state index is 0.276. The lowest BCUT2D eigenvalue weighted by atomic mass is 9.98. The van der Waals surface area contributed by atoms with Crippen LogP contribution in [0.15, 0.2) is 36.4 Å². The zero-order valence-electron chi connectivity index (χ0n) is 9.37. The lowest BCUT2D eigenvalue weighted by molar-refractivity contribution is 0.625. The minimum Gasteiger partial charge on any atom is -0.207 e. The molecule has 0 nitrogen and oxygen atoms in total. The van der Waals surface area contributed by atoms with Gasteiger partial charge in [0.2, 0.25) is 0 Å². The van der Waals surface area contributed by atoms with E-state index in [1.807, 2.05) is 0 Å². The minimum atomic E-state index is -0.458. The molecular formula is C16H8F2. The lowest BCUT2D eigenvalue weighted by Crippen LogP contribution is -1.91. The molecule has 2 aromatic rings. The topological polar surface area (TPSA) is 0 Å². The smallest absolute Gasteiger partial charge is 0.131 e. The molecule has 0 bridgehead atoms. The van der Waals surface area contributed by atoms with Crippen LogP contribution in [0.25, 0.3) is 11.1 Å². The Morgan fingerprint density at radius 3 is 2.28 bits per heavy atom. The summed E-state index contributed by atoms with van der Waals surface area (Å²) in [6, 6.07) is 8.16. The second-order valence-electron chi connectivity index (χ2n) is 3.67. The molecule has 0 saturated heterocycles. The molecule has 0 aliphatic rings. The van der Waals surface area contributed by atoms with Gasteiger partial charge in [-0.25, -0.2) is 8.78 Å². The SMILES string of the molecule is C#Cc1ccc(F)c(-c2ccc(F)cc2C#C)c1. The van der Waals surface area contributed by atoms with Crippen LogP contribution in [0.5, 0.6) is 0 Å². The van der Waals surface area contributed by atoms with Crippen LogP contribution in [0.3, 0.4) is 0 Å². The molecule has 0 N–H and O–H groups in total. The van der Waals surface area contributed by atoms with Crippen molar-refractivity contribution in [1.29, 1.82) is 0 Å². The van der Waals surface area contributed by atoms with Gasteiger partial charge < -0.3 is 0 Å². The highest BCUT2D eigenvalue weighted by molar-refractivity contribution is 5.72. The summed E-state index contributed by atoms with van der Waals surface area (Å²) in [5, 5.41) is 0. The van der Waals surface area contributed by atoms with Gasteiger partial charge in [0.25, 0.3) is 0 Å². The molecule has 0 unspecified atom stereocenters. The Balaban J connectivity index is 2.70. The van der Waals surface area contributed by atoms with Gasteiger partial charge in [0.05, 0.1) is 0 Å². The van der Waals surface area contributed by atoms with Crippen molar-refractivity contribution in [3.8, 4) is 35.8 Å². The quantitative estimate of drug-likeness (QED) is 0.666. The van der Waals surface area contributed by atoms with E-state index in [1.165, 1.54) is 36.4 Å². The predicted octanol–water partition coefficient (Wildman–Crippen LogP) is 3.59. The molecule has 2 rings (SSSR count). The molecule has 0 aliphatic heterocycles. The molecule has 0 aliphatic carbocycles. The van der Waals surface area contributed by atoms with Crippen molar-refractivity contribution < 1.29 is 8.78 Å². The Bertz CT molecular complexity index is 685. The molecule has 2 heteroatoms. The highest BCUT2D eigenvalue weighted by Crippen LogP contribution is 2.27. The van der Waals surface area contributed by atoms with Crippen molar-refractivity contribution in [1.82, 2.24) is 0 Å². The van der Waals surface area contributed by atoms with Crippen molar-refractivity contribution in [3.63, 3.8) is 0 Å².